The molecule has 1 aliphatic carbocycles. The second-order valence-electron chi connectivity index (χ2n) is 4.76. The number of rotatable bonds is 1. The van der Waals surface area contributed by atoms with Crippen molar-refractivity contribution >= 4 is 5.82 Å². The first-order valence-electron chi connectivity index (χ1n) is 4.87. The molecule has 0 saturated heterocycles. The minimum Gasteiger partial charge on any atom is -0.384 e. The molecule has 0 amide bonds. The van der Waals surface area contributed by atoms with E-state index >= 15 is 0 Å². The van der Waals surface area contributed by atoms with E-state index < -0.39 is 0 Å². The number of nitrogens with zero attached hydrogens (tertiary/aromatic N) is 2. The van der Waals surface area contributed by atoms with Gasteiger partial charge in [-0.2, -0.15) is 5.10 Å². The fourth-order valence-electron chi connectivity index (χ4n) is 2.24. The molecule has 0 aromatic carbocycles. The van der Waals surface area contributed by atoms with Crippen molar-refractivity contribution in [3.8, 4) is 0 Å². The van der Waals surface area contributed by atoms with E-state index in [-0.39, 0.29) is 0 Å². The zero-order valence-corrected chi connectivity index (χ0v) is 8.33. The summed E-state index contributed by atoms with van der Waals surface area (Å²) in [4.78, 5) is 0. The van der Waals surface area contributed by atoms with Crippen molar-refractivity contribution in [2.45, 2.75) is 39.2 Å². The number of aromatic nitrogens is 2. The van der Waals surface area contributed by atoms with Crippen LogP contribution < -0.4 is 5.73 Å². The van der Waals surface area contributed by atoms with Crippen LogP contribution in [-0.4, -0.2) is 9.78 Å². The molecule has 1 heterocycles. The van der Waals surface area contributed by atoms with Gasteiger partial charge >= 0.3 is 0 Å². The maximum absolute atomic E-state index is 5.81. The van der Waals surface area contributed by atoms with Gasteiger partial charge in [0, 0.05) is 0 Å². The van der Waals surface area contributed by atoms with Gasteiger partial charge in [-0.25, -0.2) is 4.68 Å². The summed E-state index contributed by atoms with van der Waals surface area (Å²) in [5.41, 5.74) is 6.27. The lowest BCUT2D eigenvalue weighted by molar-refractivity contribution is 0.351. The fraction of sp³-hybridized carbons (Fsp3) is 0.700. The maximum Gasteiger partial charge on any atom is 0.121 e. The summed E-state index contributed by atoms with van der Waals surface area (Å²) in [7, 11) is 0. The molecule has 3 nitrogen and oxygen atoms in total. The SMILES string of the molecule is CC1(C)CCC(n2nccc2N)C1. The van der Waals surface area contributed by atoms with Crippen LogP contribution in [0.25, 0.3) is 0 Å². The summed E-state index contributed by atoms with van der Waals surface area (Å²) in [6, 6.07) is 2.38. The second-order valence-corrected chi connectivity index (χ2v) is 4.76. The summed E-state index contributed by atoms with van der Waals surface area (Å²) in [5, 5.41) is 4.26. The number of hydrogen-bond acceptors (Lipinski definition) is 2. The van der Waals surface area contributed by atoms with Crippen LogP contribution in [0.1, 0.15) is 39.2 Å². The monoisotopic (exact) mass is 179 g/mol. The number of hydrogen-bond donors (Lipinski definition) is 1. The lowest BCUT2D eigenvalue weighted by Crippen LogP contribution is -2.12. The third-order valence-corrected chi connectivity index (χ3v) is 2.99. The van der Waals surface area contributed by atoms with Gasteiger partial charge in [0.1, 0.15) is 5.82 Å². The predicted octanol–water partition coefficient (Wildman–Crippen LogP) is 2.22. The molecular formula is C10H17N3. The van der Waals surface area contributed by atoms with Gasteiger partial charge in [-0.1, -0.05) is 13.8 Å². The third kappa shape index (κ3) is 1.55. The van der Waals surface area contributed by atoms with Crippen LogP contribution in [0.3, 0.4) is 0 Å². The maximum atomic E-state index is 5.81. The standard InChI is InChI=1S/C10H17N3/c1-10(2)5-3-8(7-10)13-9(11)4-6-12-13/h4,6,8H,3,5,7,11H2,1-2H3. The molecule has 1 aliphatic rings. The quantitative estimate of drug-likeness (QED) is 0.718. The molecule has 0 radical (unpaired) electrons. The first kappa shape index (κ1) is 8.60. The van der Waals surface area contributed by atoms with Gasteiger partial charge < -0.3 is 5.73 Å². The molecule has 1 saturated carbocycles. The average molecular weight is 179 g/mol. The van der Waals surface area contributed by atoms with Crippen LogP contribution in [0.15, 0.2) is 12.3 Å². The Kier molecular flexibility index (Phi) is 1.82. The molecule has 0 aliphatic heterocycles. The van der Waals surface area contributed by atoms with E-state index in [4.69, 9.17) is 5.73 Å². The van der Waals surface area contributed by atoms with Crippen molar-refractivity contribution in [2.75, 3.05) is 5.73 Å². The summed E-state index contributed by atoms with van der Waals surface area (Å²) in [5.74, 6) is 0.794. The smallest absolute Gasteiger partial charge is 0.121 e. The van der Waals surface area contributed by atoms with Crippen LogP contribution in [0.5, 0.6) is 0 Å². The molecule has 3 heteroatoms. The van der Waals surface area contributed by atoms with Crippen molar-refractivity contribution in [1.82, 2.24) is 9.78 Å². The molecule has 0 bridgehead atoms. The Balaban J connectivity index is 2.17. The van der Waals surface area contributed by atoms with E-state index in [1.807, 2.05) is 10.7 Å². The van der Waals surface area contributed by atoms with E-state index in [0.29, 0.717) is 11.5 Å². The average Bonchev–Trinajstić information content (AvgIpc) is 2.56. The van der Waals surface area contributed by atoms with Crippen molar-refractivity contribution in [1.29, 1.82) is 0 Å². The minimum atomic E-state index is 0.461. The van der Waals surface area contributed by atoms with Crippen molar-refractivity contribution in [3.05, 3.63) is 12.3 Å². The second kappa shape index (κ2) is 2.76. The molecule has 1 unspecified atom stereocenters. The van der Waals surface area contributed by atoms with Gasteiger partial charge in [-0.05, 0) is 30.7 Å². The Morgan fingerprint density at radius 2 is 2.38 bits per heavy atom. The molecule has 72 valence electrons. The topological polar surface area (TPSA) is 43.8 Å². The van der Waals surface area contributed by atoms with E-state index in [9.17, 15) is 0 Å². The zero-order chi connectivity index (χ0) is 9.47. The number of anilines is 1. The predicted molar refractivity (Wildman–Crippen MR) is 53.3 cm³/mol. The van der Waals surface area contributed by atoms with Gasteiger partial charge in [0.05, 0.1) is 12.2 Å². The molecular weight excluding hydrogens is 162 g/mol. The van der Waals surface area contributed by atoms with Gasteiger partial charge in [-0.15, -0.1) is 0 Å². The Morgan fingerprint density at radius 3 is 2.85 bits per heavy atom. The van der Waals surface area contributed by atoms with Crippen LogP contribution >= 0.6 is 0 Å². The van der Waals surface area contributed by atoms with Crippen LogP contribution in [0, 0.1) is 5.41 Å². The molecule has 1 aromatic heterocycles. The Morgan fingerprint density at radius 1 is 1.62 bits per heavy atom. The Labute approximate surface area is 78.9 Å². The van der Waals surface area contributed by atoms with E-state index in [1.54, 1.807) is 6.20 Å². The largest absolute Gasteiger partial charge is 0.384 e. The Bertz CT molecular complexity index is 301. The summed E-state index contributed by atoms with van der Waals surface area (Å²) < 4.78 is 1.97. The molecule has 2 rings (SSSR count). The lowest BCUT2D eigenvalue weighted by Gasteiger charge is -2.17. The highest BCUT2D eigenvalue weighted by atomic mass is 15.3. The van der Waals surface area contributed by atoms with Crippen molar-refractivity contribution in [2.24, 2.45) is 5.41 Å². The zero-order valence-electron chi connectivity index (χ0n) is 8.33. The van der Waals surface area contributed by atoms with Gasteiger partial charge in [-0.3, -0.25) is 0 Å². The fourth-order valence-corrected chi connectivity index (χ4v) is 2.24. The summed E-state index contributed by atoms with van der Waals surface area (Å²) >= 11 is 0. The molecule has 1 aromatic rings. The van der Waals surface area contributed by atoms with E-state index in [1.165, 1.54) is 19.3 Å². The van der Waals surface area contributed by atoms with Crippen LogP contribution in [-0.2, 0) is 0 Å². The molecule has 1 fully saturated rings. The molecule has 0 spiro atoms. The van der Waals surface area contributed by atoms with Gasteiger partial charge in [0.25, 0.3) is 0 Å². The molecule has 13 heavy (non-hydrogen) atoms. The van der Waals surface area contributed by atoms with Crippen LogP contribution in [0.4, 0.5) is 5.82 Å². The lowest BCUT2D eigenvalue weighted by atomic mass is 9.92. The first-order chi connectivity index (χ1) is 6.08. The summed E-state index contributed by atoms with van der Waals surface area (Å²) in [6.45, 7) is 4.62. The van der Waals surface area contributed by atoms with E-state index in [0.717, 1.165) is 5.82 Å². The highest BCUT2D eigenvalue weighted by Crippen LogP contribution is 2.43. The van der Waals surface area contributed by atoms with Gasteiger partial charge in [0.2, 0.25) is 0 Å². The number of nitrogens with two attached hydrogens (primary N) is 1. The Hall–Kier alpha value is -0.990. The summed E-state index contributed by atoms with van der Waals surface area (Å²) in [6.07, 6.45) is 5.45. The minimum absolute atomic E-state index is 0.461. The molecule has 1 atom stereocenters. The van der Waals surface area contributed by atoms with E-state index in [2.05, 4.69) is 18.9 Å². The van der Waals surface area contributed by atoms with Crippen molar-refractivity contribution in [3.63, 3.8) is 0 Å². The number of nitrogen functional groups attached to an aromatic ring is 1. The highest BCUT2D eigenvalue weighted by Gasteiger charge is 2.32. The van der Waals surface area contributed by atoms with Crippen molar-refractivity contribution < 1.29 is 0 Å². The first-order valence-corrected chi connectivity index (χ1v) is 4.87. The van der Waals surface area contributed by atoms with Crippen LogP contribution in [0.2, 0.25) is 0 Å². The third-order valence-electron chi connectivity index (χ3n) is 2.99. The highest BCUT2D eigenvalue weighted by molar-refractivity contribution is 5.26. The normalized spacial score (nSPS) is 26.5. The van der Waals surface area contributed by atoms with Gasteiger partial charge in [0.15, 0.2) is 0 Å². The molecule has 2 N–H and O–H groups in total.